The smallest absolute Gasteiger partial charge is 0.267 e. The van der Waals surface area contributed by atoms with E-state index in [2.05, 4.69) is 15.1 Å². The van der Waals surface area contributed by atoms with Crippen LogP contribution in [0.4, 0.5) is 4.39 Å². The van der Waals surface area contributed by atoms with Crippen LogP contribution in [0, 0.1) is 5.82 Å². The van der Waals surface area contributed by atoms with E-state index in [1.807, 2.05) is 12.1 Å². The number of benzene rings is 2. The number of fused-ring (bicyclic) bond motifs is 1. The zero-order valence-corrected chi connectivity index (χ0v) is 12.8. The number of hydrogen-bond donors (Lipinski definition) is 1. The first kappa shape index (κ1) is 14.9. The third-order valence-corrected chi connectivity index (χ3v) is 3.77. The molecular formula is C18H11FN4O2. The number of carbonyl (C=O) groups excluding carboxylic acids is 1. The van der Waals surface area contributed by atoms with Crippen LogP contribution >= 0.6 is 0 Å². The van der Waals surface area contributed by atoms with Gasteiger partial charge < -0.3 is 10.3 Å². The molecule has 0 aliphatic carbocycles. The Labute approximate surface area is 141 Å². The van der Waals surface area contributed by atoms with Gasteiger partial charge in [-0.1, -0.05) is 23.4 Å². The number of amides is 1. The molecule has 2 aromatic heterocycles. The first-order valence-electron chi connectivity index (χ1n) is 7.40. The van der Waals surface area contributed by atoms with Crippen molar-refractivity contribution in [2.45, 2.75) is 0 Å². The minimum Gasteiger partial charge on any atom is -0.364 e. The molecule has 2 N–H and O–H groups in total. The molecule has 0 unspecified atom stereocenters. The zero-order valence-electron chi connectivity index (χ0n) is 12.8. The lowest BCUT2D eigenvalue weighted by molar-refractivity contribution is 0.0995. The third-order valence-electron chi connectivity index (χ3n) is 3.77. The van der Waals surface area contributed by atoms with Gasteiger partial charge in [0.25, 0.3) is 11.8 Å². The number of primary amides is 1. The monoisotopic (exact) mass is 334 g/mol. The van der Waals surface area contributed by atoms with E-state index in [1.165, 1.54) is 24.4 Å². The van der Waals surface area contributed by atoms with E-state index in [4.69, 9.17) is 10.3 Å². The molecule has 1 amide bonds. The molecule has 6 nitrogen and oxygen atoms in total. The summed E-state index contributed by atoms with van der Waals surface area (Å²) in [5.74, 6) is -0.274. The molecule has 0 atom stereocenters. The number of carbonyl (C=O) groups is 1. The number of aromatic nitrogens is 3. The zero-order chi connectivity index (χ0) is 17.4. The van der Waals surface area contributed by atoms with Crippen molar-refractivity contribution in [1.82, 2.24) is 15.1 Å². The average molecular weight is 334 g/mol. The van der Waals surface area contributed by atoms with Crippen LogP contribution in [0.25, 0.3) is 33.6 Å². The Morgan fingerprint density at radius 1 is 1.12 bits per heavy atom. The Kier molecular flexibility index (Phi) is 3.46. The quantitative estimate of drug-likeness (QED) is 0.621. The van der Waals surface area contributed by atoms with Crippen LogP contribution in [0.15, 0.2) is 59.3 Å². The summed E-state index contributed by atoms with van der Waals surface area (Å²) in [6, 6.07) is 13.1. The van der Waals surface area contributed by atoms with E-state index in [1.54, 1.807) is 18.2 Å². The van der Waals surface area contributed by atoms with E-state index in [-0.39, 0.29) is 11.5 Å². The van der Waals surface area contributed by atoms with Gasteiger partial charge in [-0.05, 0) is 41.1 Å². The van der Waals surface area contributed by atoms with Crippen molar-refractivity contribution in [2.24, 2.45) is 5.73 Å². The topological polar surface area (TPSA) is 94.9 Å². The second kappa shape index (κ2) is 5.79. The van der Waals surface area contributed by atoms with E-state index in [0.29, 0.717) is 22.8 Å². The van der Waals surface area contributed by atoms with Crippen molar-refractivity contribution in [3.63, 3.8) is 0 Å². The lowest BCUT2D eigenvalue weighted by atomic mass is 10.0. The van der Waals surface area contributed by atoms with Crippen molar-refractivity contribution < 1.29 is 13.7 Å². The highest BCUT2D eigenvalue weighted by molar-refractivity contribution is 5.95. The van der Waals surface area contributed by atoms with Gasteiger partial charge in [-0.25, -0.2) is 4.39 Å². The minimum atomic E-state index is -0.608. The van der Waals surface area contributed by atoms with Gasteiger partial charge >= 0.3 is 0 Å². The first-order valence-corrected chi connectivity index (χ1v) is 7.40. The second-order valence-electron chi connectivity index (χ2n) is 5.39. The van der Waals surface area contributed by atoms with Crippen LogP contribution in [0.3, 0.4) is 0 Å². The highest BCUT2D eigenvalue weighted by Gasteiger charge is 2.14. The van der Waals surface area contributed by atoms with Gasteiger partial charge in [0.2, 0.25) is 5.82 Å². The second-order valence-corrected chi connectivity index (χ2v) is 5.39. The summed E-state index contributed by atoms with van der Waals surface area (Å²) in [4.78, 5) is 19.4. The molecule has 0 aliphatic heterocycles. The maximum Gasteiger partial charge on any atom is 0.267 e. The molecule has 0 radical (unpaired) electrons. The van der Waals surface area contributed by atoms with Crippen LogP contribution < -0.4 is 5.73 Å². The summed E-state index contributed by atoms with van der Waals surface area (Å²) >= 11 is 0. The summed E-state index contributed by atoms with van der Waals surface area (Å²) in [5, 5.41) is 5.49. The molecular weight excluding hydrogens is 323 g/mol. The SMILES string of the molecule is NC(=O)c1ccc(-c2noc(-c3cccc4cc(F)ccc34)n2)cn1. The fraction of sp³-hybridized carbons (Fsp3) is 0. The number of hydrogen-bond acceptors (Lipinski definition) is 5. The minimum absolute atomic E-state index is 0.156. The van der Waals surface area contributed by atoms with E-state index < -0.39 is 5.91 Å². The van der Waals surface area contributed by atoms with E-state index in [9.17, 15) is 9.18 Å². The molecule has 2 aromatic carbocycles. The van der Waals surface area contributed by atoms with Gasteiger partial charge in [-0.15, -0.1) is 0 Å². The first-order chi connectivity index (χ1) is 12.1. The molecule has 0 aliphatic rings. The predicted octanol–water partition coefficient (Wildman–Crippen LogP) is 3.19. The fourth-order valence-electron chi connectivity index (χ4n) is 2.56. The summed E-state index contributed by atoms with van der Waals surface area (Å²) < 4.78 is 18.7. The molecule has 2 heterocycles. The van der Waals surface area contributed by atoms with Crippen LogP contribution in [0.5, 0.6) is 0 Å². The molecule has 122 valence electrons. The van der Waals surface area contributed by atoms with Gasteiger partial charge in [0.15, 0.2) is 0 Å². The standard InChI is InChI=1S/C18H11FN4O2/c19-12-5-6-13-10(8-12)2-1-3-14(13)18-22-17(23-25-18)11-4-7-15(16(20)24)21-9-11/h1-9H,(H2,20,24). The summed E-state index contributed by atoms with van der Waals surface area (Å²) in [7, 11) is 0. The fourth-order valence-corrected chi connectivity index (χ4v) is 2.56. The number of nitrogens with two attached hydrogens (primary N) is 1. The Bertz CT molecular complexity index is 1090. The Hall–Kier alpha value is -3.61. The summed E-state index contributed by atoms with van der Waals surface area (Å²) in [6.07, 6.45) is 1.45. The molecule has 4 aromatic rings. The molecule has 0 fully saturated rings. The van der Waals surface area contributed by atoms with Crippen molar-refractivity contribution in [3.8, 4) is 22.8 Å². The van der Waals surface area contributed by atoms with Gasteiger partial charge in [0.1, 0.15) is 11.5 Å². The largest absolute Gasteiger partial charge is 0.364 e. The molecule has 0 bridgehead atoms. The van der Waals surface area contributed by atoms with Crippen molar-refractivity contribution in [1.29, 1.82) is 0 Å². The van der Waals surface area contributed by atoms with E-state index >= 15 is 0 Å². The van der Waals surface area contributed by atoms with Gasteiger partial charge in [-0.2, -0.15) is 4.98 Å². The maximum absolute atomic E-state index is 13.4. The third kappa shape index (κ3) is 2.72. The lowest BCUT2D eigenvalue weighted by Gasteiger charge is -2.02. The number of pyridine rings is 1. The van der Waals surface area contributed by atoms with Gasteiger partial charge in [0.05, 0.1) is 0 Å². The Morgan fingerprint density at radius 3 is 2.76 bits per heavy atom. The molecule has 0 saturated heterocycles. The Balaban J connectivity index is 1.75. The van der Waals surface area contributed by atoms with Crippen molar-refractivity contribution in [2.75, 3.05) is 0 Å². The van der Waals surface area contributed by atoms with Crippen LogP contribution in [-0.4, -0.2) is 21.0 Å². The van der Waals surface area contributed by atoms with Crippen LogP contribution in [-0.2, 0) is 0 Å². The molecule has 7 heteroatoms. The van der Waals surface area contributed by atoms with Gasteiger partial charge in [0, 0.05) is 17.3 Å². The lowest BCUT2D eigenvalue weighted by Crippen LogP contribution is -2.12. The van der Waals surface area contributed by atoms with Crippen LogP contribution in [0.2, 0.25) is 0 Å². The van der Waals surface area contributed by atoms with Crippen molar-refractivity contribution in [3.05, 3.63) is 66.2 Å². The molecule has 0 saturated carbocycles. The highest BCUT2D eigenvalue weighted by Crippen LogP contribution is 2.29. The molecule has 0 spiro atoms. The van der Waals surface area contributed by atoms with Gasteiger partial charge in [-0.3, -0.25) is 9.78 Å². The Morgan fingerprint density at radius 2 is 2.00 bits per heavy atom. The molecule has 25 heavy (non-hydrogen) atoms. The summed E-state index contributed by atoms with van der Waals surface area (Å²) in [5.41, 5.74) is 6.62. The molecule has 4 rings (SSSR count). The summed E-state index contributed by atoms with van der Waals surface area (Å²) in [6.45, 7) is 0. The maximum atomic E-state index is 13.4. The highest BCUT2D eigenvalue weighted by atomic mass is 19.1. The van der Waals surface area contributed by atoms with Crippen molar-refractivity contribution >= 4 is 16.7 Å². The number of rotatable bonds is 3. The predicted molar refractivity (Wildman–Crippen MR) is 88.9 cm³/mol. The number of halogens is 1. The number of nitrogens with zero attached hydrogens (tertiary/aromatic N) is 3. The average Bonchev–Trinajstić information content (AvgIpc) is 3.11. The normalized spacial score (nSPS) is 10.9. The van der Waals surface area contributed by atoms with E-state index in [0.717, 1.165) is 10.8 Å². The van der Waals surface area contributed by atoms with Crippen LogP contribution in [0.1, 0.15) is 10.5 Å².